The van der Waals surface area contributed by atoms with E-state index < -0.39 is 20.2 Å². The minimum Gasteiger partial charge on any atom is -0.519 e. The molecule has 0 spiro atoms. The Morgan fingerprint density at radius 2 is 1.65 bits per heavy atom. The van der Waals surface area contributed by atoms with E-state index in [9.17, 15) is 9.59 Å². The van der Waals surface area contributed by atoms with Crippen LogP contribution in [0.5, 0.6) is 0 Å². The standard InChI is InChI=1S/C15H29NO3Si/c1-11(15(18)19-20(3,4)5)14(17)16-12(2)13-9-7-6-8-10-13/h11-13H,6-10H2,1-5H3,(H,16,17). The van der Waals surface area contributed by atoms with Crippen LogP contribution in [0.3, 0.4) is 0 Å². The zero-order valence-corrected chi connectivity index (χ0v) is 14.5. The minimum absolute atomic E-state index is 0.143. The van der Waals surface area contributed by atoms with Gasteiger partial charge in [0, 0.05) is 6.04 Å². The van der Waals surface area contributed by atoms with Gasteiger partial charge in [-0.05, 0) is 52.2 Å². The fourth-order valence-corrected chi connectivity index (χ4v) is 3.38. The van der Waals surface area contributed by atoms with E-state index in [4.69, 9.17) is 4.43 Å². The smallest absolute Gasteiger partial charge is 0.304 e. The van der Waals surface area contributed by atoms with Crippen molar-refractivity contribution in [3.8, 4) is 0 Å². The number of nitrogens with one attached hydrogen (secondary N) is 1. The van der Waals surface area contributed by atoms with Crippen LogP contribution in [0.25, 0.3) is 0 Å². The number of hydrogen-bond acceptors (Lipinski definition) is 3. The van der Waals surface area contributed by atoms with Crippen molar-refractivity contribution < 1.29 is 14.0 Å². The predicted octanol–water partition coefficient (Wildman–Crippen LogP) is 3.09. The first-order valence-corrected chi connectivity index (χ1v) is 11.1. The van der Waals surface area contributed by atoms with E-state index >= 15 is 0 Å². The fourth-order valence-electron chi connectivity index (χ4n) is 2.60. The molecule has 1 aliphatic carbocycles. The Hall–Kier alpha value is -0.843. The Kier molecular flexibility index (Phi) is 6.24. The SMILES string of the molecule is CC(C(=O)NC(C)C1CCCCC1)C(=O)O[Si](C)(C)C. The van der Waals surface area contributed by atoms with E-state index in [0.717, 1.165) is 0 Å². The maximum absolute atomic E-state index is 12.1. The van der Waals surface area contributed by atoms with Gasteiger partial charge in [0.15, 0.2) is 0 Å². The highest BCUT2D eigenvalue weighted by Crippen LogP contribution is 2.26. The number of rotatable bonds is 5. The lowest BCUT2D eigenvalue weighted by Gasteiger charge is -2.29. The molecule has 2 atom stereocenters. The first kappa shape index (κ1) is 17.2. The van der Waals surface area contributed by atoms with Gasteiger partial charge in [-0.15, -0.1) is 0 Å². The zero-order valence-electron chi connectivity index (χ0n) is 13.5. The van der Waals surface area contributed by atoms with Crippen molar-refractivity contribution in [2.24, 2.45) is 11.8 Å². The van der Waals surface area contributed by atoms with Gasteiger partial charge in [-0.25, -0.2) is 0 Å². The molecule has 0 aliphatic heterocycles. The van der Waals surface area contributed by atoms with E-state index in [0.29, 0.717) is 5.92 Å². The van der Waals surface area contributed by atoms with Gasteiger partial charge in [0.25, 0.3) is 0 Å². The number of amides is 1. The third-order valence-electron chi connectivity index (χ3n) is 3.88. The number of carbonyl (C=O) groups is 2. The minimum atomic E-state index is -1.93. The highest BCUT2D eigenvalue weighted by molar-refractivity contribution is 6.71. The molecule has 0 heterocycles. The summed E-state index contributed by atoms with van der Waals surface area (Å²) in [6.45, 7) is 9.51. The molecule has 1 aliphatic rings. The molecule has 116 valence electrons. The molecular formula is C15H29NO3Si. The Morgan fingerprint density at radius 1 is 1.10 bits per heavy atom. The lowest BCUT2D eigenvalue weighted by Crippen LogP contribution is -2.45. The monoisotopic (exact) mass is 299 g/mol. The third-order valence-corrected chi connectivity index (χ3v) is 4.69. The maximum Gasteiger partial charge on any atom is 0.304 e. The van der Waals surface area contributed by atoms with E-state index in [-0.39, 0.29) is 11.9 Å². The second kappa shape index (κ2) is 7.25. The zero-order chi connectivity index (χ0) is 15.3. The Morgan fingerprint density at radius 3 is 2.15 bits per heavy atom. The van der Waals surface area contributed by atoms with Crippen LogP contribution in [0, 0.1) is 11.8 Å². The third kappa shape index (κ3) is 5.65. The normalized spacial score (nSPS) is 20.1. The van der Waals surface area contributed by atoms with E-state index in [1.807, 2.05) is 26.6 Å². The van der Waals surface area contributed by atoms with Crippen molar-refractivity contribution in [2.75, 3.05) is 0 Å². The van der Waals surface area contributed by atoms with E-state index in [2.05, 4.69) is 5.32 Å². The molecule has 1 fully saturated rings. The summed E-state index contributed by atoms with van der Waals surface area (Å²) in [5.74, 6) is -0.760. The molecule has 0 bridgehead atoms. The van der Waals surface area contributed by atoms with Crippen LogP contribution in [-0.2, 0) is 14.0 Å². The van der Waals surface area contributed by atoms with Crippen LogP contribution in [0.2, 0.25) is 19.6 Å². The van der Waals surface area contributed by atoms with Crippen molar-refractivity contribution in [1.82, 2.24) is 5.32 Å². The van der Waals surface area contributed by atoms with Gasteiger partial charge in [-0.2, -0.15) is 0 Å². The summed E-state index contributed by atoms with van der Waals surface area (Å²) in [5.41, 5.74) is 0. The summed E-state index contributed by atoms with van der Waals surface area (Å²) in [6, 6.07) is 0.143. The number of carbonyl (C=O) groups excluding carboxylic acids is 2. The molecule has 1 saturated carbocycles. The average molecular weight is 299 g/mol. The topological polar surface area (TPSA) is 55.4 Å². The summed E-state index contributed by atoms with van der Waals surface area (Å²) in [4.78, 5) is 24.0. The first-order chi connectivity index (χ1) is 9.20. The van der Waals surface area contributed by atoms with Crippen molar-refractivity contribution in [3.63, 3.8) is 0 Å². The van der Waals surface area contributed by atoms with Crippen molar-refractivity contribution in [2.45, 2.75) is 71.6 Å². The highest BCUT2D eigenvalue weighted by Gasteiger charge is 2.30. The van der Waals surface area contributed by atoms with Gasteiger partial charge in [0.1, 0.15) is 5.92 Å². The lowest BCUT2D eigenvalue weighted by molar-refractivity contribution is -0.144. The van der Waals surface area contributed by atoms with Crippen molar-refractivity contribution >= 4 is 20.2 Å². The maximum atomic E-state index is 12.1. The second-order valence-corrected chi connectivity index (χ2v) is 11.4. The molecule has 2 unspecified atom stereocenters. The van der Waals surface area contributed by atoms with Crippen molar-refractivity contribution in [1.29, 1.82) is 0 Å². The molecule has 1 amide bonds. The molecule has 0 aromatic carbocycles. The molecule has 5 heteroatoms. The molecule has 0 aromatic rings. The van der Waals surface area contributed by atoms with Crippen LogP contribution in [0.1, 0.15) is 46.0 Å². The largest absolute Gasteiger partial charge is 0.519 e. The molecule has 1 N–H and O–H groups in total. The lowest BCUT2D eigenvalue weighted by atomic mass is 9.84. The average Bonchev–Trinajstić information content (AvgIpc) is 2.36. The van der Waals surface area contributed by atoms with Gasteiger partial charge in [0.2, 0.25) is 14.2 Å². The Labute approximate surface area is 123 Å². The number of hydrogen-bond donors (Lipinski definition) is 1. The molecular weight excluding hydrogens is 270 g/mol. The summed E-state index contributed by atoms with van der Waals surface area (Å²) in [6.07, 6.45) is 6.15. The van der Waals surface area contributed by atoms with Gasteiger partial charge >= 0.3 is 5.97 Å². The van der Waals surface area contributed by atoms with Crippen LogP contribution >= 0.6 is 0 Å². The van der Waals surface area contributed by atoms with Gasteiger partial charge in [-0.1, -0.05) is 19.3 Å². The molecule has 4 nitrogen and oxygen atoms in total. The second-order valence-electron chi connectivity index (χ2n) is 6.95. The summed E-state index contributed by atoms with van der Waals surface area (Å²) in [7, 11) is -1.93. The van der Waals surface area contributed by atoms with Crippen LogP contribution in [-0.4, -0.2) is 26.2 Å². The first-order valence-electron chi connectivity index (χ1n) is 7.74. The Balaban J connectivity index is 2.46. The van der Waals surface area contributed by atoms with Crippen LogP contribution in [0.4, 0.5) is 0 Å². The summed E-state index contributed by atoms with van der Waals surface area (Å²) < 4.78 is 5.39. The van der Waals surface area contributed by atoms with Crippen LogP contribution in [0.15, 0.2) is 0 Å². The molecule has 0 radical (unpaired) electrons. The summed E-state index contributed by atoms with van der Waals surface area (Å²) >= 11 is 0. The fraction of sp³-hybridized carbons (Fsp3) is 0.867. The van der Waals surface area contributed by atoms with Crippen molar-refractivity contribution in [3.05, 3.63) is 0 Å². The molecule has 20 heavy (non-hydrogen) atoms. The quantitative estimate of drug-likeness (QED) is 0.627. The molecule has 0 aromatic heterocycles. The molecule has 1 rings (SSSR count). The van der Waals surface area contributed by atoms with E-state index in [1.165, 1.54) is 32.1 Å². The summed E-state index contributed by atoms with van der Waals surface area (Å²) in [5, 5.41) is 2.99. The van der Waals surface area contributed by atoms with Gasteiger partial charge < -0.3 is 9.74 Å². The predicted molar refractivity (Wildman–Crippen MR) is 82.8 cm³/mol. The van der Waals surface area contributed by atoms with Gasteiger partial charge in [-0.3, -0.25) is 9.59 Å². The van der Waals surface area contributed by atoms with Gasteiger partial charge in [0.05, 0.1) is 0 Å². The Bertz CT molecular complexity index is 346. The van der Waals surface area contributed by atoms with E-state index in [1.54, 1.807) is 6.92 Å². The highest BCUT2D eigenvalue weighted by atomic mass is 28.4. The molecule has 0 saturated heterocycles. The van der Waals surface area contributed by atoms with Crippen LogP contribution < -0.4 is 5.32 Å².